The number of thioether (sulfide) groups is 1. The lowest BCUT2D eigenvalue weighted by Crippen LogP contribution is -2.50. The van der Waals surface area contributed by atoms with Gasteiger partial charge in [-0.05, 0) is 55.1 Å². The Morgan fingerprint density at radius 3 is 2.38 bits per heavy atom. The number of carbonyl (C=O) groups excluding carboxylic acids is 1. The van der Waals surface area contributed by atoms with Crippen molar-refractivity contribution in [1.82, 2.24) is 23.6 Å². The fraction of sp³-hybridized carbons (Fsp3) is 0.310. The number of hydrogen-bond donors (Lipinski definition) is 1. The SMILES string of the molecule is CC#CCn1c(N2CCN(C(=O)Nc3ccc(SC)cc3)CC2)nc2c1c(=O)n(Cc1ccc(F)c(F)c1)c(=O)n2C. The molecule has 4 aromatic rings. The quantitative estimate of drug-likeness (QED) is 0.272. The number of nitrogens with one attached hydrogen (secondary N) is 1. The number of halogens is 2. The molecule has 0 saturated carbocycles. The molecule has 0 aliphatic carbocycles. The minimum atomic E-state index is -1.06. The van der Waals surface area contributed by atoms with Gasteiger partial charge in [0.2, 0.25) is 5.95 Å². The maximum absolute atomic E-state index is 13.8. The molecule has 218 valence electrons. The van der Waals surface area contributed by atoms with Crippen LogP contribution in [-0.2, 0) is 20.1 Å². The number of urea groups is 1. The highest BCUT2D eigenvalue weighted by Crippen LogP contribution is 2.22. The summed E-state index contributed by atoms with van der Waals surface area (Å²) in [5, 5.41) is 2.93. The van der Waals surface area contributed by atoms with Crippen LogP contribution in [0.2, 0.25) is 0 Å². The third kappa shape index (κ3) is 5.62. The average molecular weight is 594 g/mol. The van der Waals surface area contributed by atoms with E-state index in [0.717, 1.165) is 21.6 Å². The van der Waals surface area contributed by atoms with Crippen molar-refractivity contribution in [2.45, 2.75) is 24.9 Å². The molecule has 1 aliphatic rings. The molecule has 1 N–H and O–H groups in total. The molecular weight excluding hydrogens is 564 g/mol. The van der Waals surface area contributed by atoms with Crippen LogP contribution in [0, 0.1) is 23.5 Å². The second-order valence-electron chi connectivity index (χ2n) is 9.71. The number of anilines is 2. The molecule has 3 heterocycles. The van der Waals surface area contributed by atoms with E-state index in [1.165, 1.54) is 17.7 Å². The Balaban J connectivity index is 1.43. The summed E-state index contributed by atoms with van der Waals surface area (Å²) >= 11 is 1.62. The normalized spacial score (nSPS) is 13.3. The summed E-state index contributed by atoms with van der Waals surface area (Å²) in [5.41, 5.74) is 0.0871. The Bertz CT molecular complexity index is 1830. The Labute approximate surface area is 244 Å². The number of fused-ring (bicyclic) bond motifs is 1. The molecule has 0 radical (unpaired) electrons. The van der Waals surface area contributed by atoms with Gasteiger partial charge >= 0.3 is 11.7 Å². The number of imidazole rings is 1. The van der Waals surface area contributed by atoms with Gasteiger partial charge in [0.05, 0.1) is 13.1 Å². The number of piperazine rings is 1. The number of benzene rings is 2. The van der Waals surface area contributed by atoms with E-state index in [2.05, 4.69) is 22.1 Å². The summed E-state index contributed by atoms with van der Waals surface area (Å²) in [5.74, 6) is 4.18. The third-order valence-electron chi connectivity index (χ3n) is 7.14. The average Bonchev–Trinajstić information content (AvgIpc) is 3.39. The van der Waals surface area contributed by atoms with Gasteiger partial charge in [-0.25, -0.2) is 18.4 Å². The van der Waals surface area contributed by atoms with Crippen LogP contribution < -0.4 is 21.5 Å². The van der Waals surface area contributed by atoms with Gasteiger partial charge < -0.3 is 15.1 Å². The van der Waals surface area contributed by atoms with Crippen molar-refractivity contribution in [3.63, 3.8) is 0 Å². The fourth-order valence-corrected chi connectivity index (χ4v) is 5.26. The van der Waals surface area contributed by atoms with Crippen molar-refractivity contribution in [3.05, 3.63) is 80.5 Å². The number of rotatable bonds is 6. The number of hydrogen-bond acceptors (Lipinski definition) is 6. The van der Waals surface area contributed by atoms with Crippen LogP contribution in [0.1, 0.15) is 12.5 Å². The van der Waals surface area contributed by atoms with Gasteiger partial charge in [-0.2, -0.15) is 4.98 Å². The van der Waals surface area contributed by atoms with Gasteiger partial charge in [-0.15, -0.1) is 17.7 Å². The Morgan fingerprint density at radius 1 is 1.02 bits per heavy atom. The van der Waals surface area contributed by atoms with E-state index in [9.17, 15) is 23.2 Å². The first-order chi connectivity index (χ1) is 20.2. The monoisotopic (exact) mass is 593 g/mol. The molecule has 1 fully saturated rings. The van der Waals surface area contributed by atoms with E-state index in [-0.39, 0.29) is 35.8 Å². The summed E-state index contributed by atoms with van der Waals surface area (Å²) in [6.45, 7) is 3.30. The first-order valence-corrected chi connectivity index (χ1v) is 14.4. The van der Waals surface area contributed by atoms with Crippen LogP contribution in [0.3, 0.4) is 0 Å². The number of aryl methyl sites for hydroxylation is 1. The lowest BCUT2D eigenvalue weighted by Gasteiger charge is -2.35. The smallest absolute Gasteiger partial charge is 0.332 e. The fourth-order valence-electron chi connectivity index (χ4n) is 4.86. The standard InChI is InChI=1S/C29H29F2N7O3S/c1-4-5-12-37-24-25(34(2)29(41)38(26(24)39)18-19-6-11-22(30)23(31)17-19)33-27(37)35-13-15-36(16-14-35)28(40)32-20-7-9-21(42-3)10-8-20/h6-11,17H,12-16,18H2,1-3H3,(H,32,40). The second-order valence-corrected chi connectivity index (χ2v) is 10.6. The van der Waals surface area contributed by atoms with Crippen LogP contribution in [0.5, 0.6) is 0 Å². The van der Waals surface area contributed by atoms with Crippen molar-refractivity contribution in [2.75, 3.05) is 42.7 Å². The molecular formula is C29H29F2N7O3S. The molecule has 5 rings (SSSR count). The number of amides is 2. The molecule has 13 heteroatoms. The predicted octanol–water partition coefficient (Wildman–Crippen LogP) is 3.32. The maximum Gasteiger partial charge on any atom is 0.332 e. The van der Waals surface area contributed by atoms with E-state index in [4.69, 9.17) is 0 Å². The summed E-state index contributed by atoms with van der Waals surface area (Å²) in [7, 11) is 1.51. The second kappa shape index (κ2) is 12.1. The summed E-state index contributed by atoms with van der Waals surface area (Å²) < 4.78 is 31.2. The maximum atomic E-state index is 13.8. The van der Waals surface area contributed by atoms with Crippen LogP contribution in [0.4, 0.5) is 25.2 Å². The van der Waals surface area contributed by atoms with E-state index < -0.39 is 22.9 Å². The van der Waals surface area contributed by atoms with E-state index in [1.54, 1.807) is 28.2 Å². The lowest BCUT2D eigenvalue weighted by atomic mass is 10.2. The van der Waals surface area contributed by atoms with E-state index >= 15 is 0 Å². The largest absolute Gasteiger partial charge is 0.339 e. The van der Waals surface area contributed by atoms with Crippen molar-refractivity contribution >= 4 is 40.6 Å². The minimum absolute atomic E-state index is 0.147. The van der Waals surface area contributed by atoms with Gasteiger partial charge in [0.15, 0.2) is 22.8 Å². The number of aromatic nitrogens is 4. The van der Waals surface area contributed by atoms with Gasteiger partial charge in [0.1, 0.15) is 0 Å². The molecule has 1 aliphatic heterocycles. The lowest BCUT2D eigenvalue weighted by molar-refractivity contribution is 0.208. The molecule has 42 heavy (non-hydrogen) atoms. The Kier molecular flexibility index (Phi) is 8.35. The minimum Gasteiger partial charge on any atom is -0.339 e. The molecule has 2 amide bonds. The van der Waals surface area contributed by atoms with Crippen LogP contribution >= 0.6 is 11.8 Å². The molecule has 0 bridgehead atoms. The third-order valence-corrected chi connectivity index (χ3v) is 7.89. The van der Waals surface area contributed by atoms with Gasteiger partial charge in [0.25, 0.3) is 5.56 Å². The molecule has 2 aromatic carbocycles. The highest BCUT2D eigenvalue weighted by Gasteiger charge is 2.27. The summed E-state index contributed by atoms with van der Waals surface area (Å²) in [6, 6.07) is 10.7. The number of carbonyl (C=O) groups is 1. The first-order valence-electron chi connectivity index (χ1n) is 13.2. The molecule has 1 saturated heterocycles. The highest BCUT2D eigenvalue weighted by molar-refractivity contribution is 7.98. The van der Waals surface area contributed by atoms with Crippen LogP contribution in [-0.4, -0.2) is 62.1 Å². The molecule has 0 atom stereocenters. The van der Waals surface area contributed by atoms with E-state index in [0.29, 0.717) is 37.8 Å². The predicted molar refractivity (Wildman–Crippen MR) is 159 cm³/mol. The molecule has 2 aromatic heterocycles. The van der Waals surface area contributed by atoms with Crippen molar-refractivity contribution in [1.29, 1.82) is 0 Å². The zero-order chi connectivity index (χ0) is 30.0. The van der Waals surface area contributed by atoms with Gasteiger partial charge in [-0.3, -0.25) is 18.5 Å². The summed E-state index contributed by atoms with van der Waals surface area (Å²) in [6.07, 6.45) is 1.99. The van der Waals surface area contributed by atoms with Crippen LogP contribution in [0.25, 0.3) is 11.2 Å². The first kappa shape index (κ1) is 28.9. The highest BCUT2D eigenvalue weighted by atomic mass is 32.2. The van der Waals surface area contributed by atoms with Crippen LogP contribution in [0.15, 0.2) is 56.9 Å². The zero-order valence-electron chi connectivity index (χ0n) is 23.4. The number of nitrogens with zero attached hydrogens (tertiary/aromatic N) is 6. The van der Waals surface area contributed by atoms with E-state index in [1.807, 2.05) is 35.4 Å². The van der Waals surface area contributed by atoms with Crippen molar-refractivity contribution in [3.8, 4) is 11.8 Å². The van der Waals surface area contributed by atoms with Gasteiger partial charge in [0, 0.05) is 43.8 Å². The van der Waals surface area contributed by atoms with Crippen molar-refractivity contribution in [2.24, 2.45) is 7.05 Å². The van der Waals surface area contributed by atoms with Gasteiger partial charge in [-0.1, -0.05) is 12.0 Å². The summed E-state index contributed by atoms with van der Waals surface area (Å²) in [4.78, 5) is 49.2. The zero-order valence-corrected chi connectivity index (χ0v) is 24.2. The molecule has 10 nitrogen and oxygen atoms in total. The Hall–Kier alpha value is -4.57. The molecule has 0 unspecified atom stereocenters. The van der Waals surface area contributed by atoms with Crippen molar-refractivity contribution < 1.29 is 13.6 Å². The molecule has 0 spiro atoms. The topological polar surface area (TPSA) is 97.4 Å². The Morgan fingerprint density at radius 2 is 1.74 bits per heavy atom.